The van der Waals surface area contributed by atoms with E-state index >= 15 is 0 Å². The SMILES string of the molecule is COc1ccc(CN(C(=O)CN(c2ccccc2F)S(C)(=O)=O)C(C)C(=O)NCC(C)C)cc1. The van der Waals surface area contributed by atoms with Crippen LogP contribution >= 0.6 is 0 Å². The van der Waals surface area contributed by atoms with Crippen LogP contribution in [0, 0.1) is 11.7 Å². The zero-order valence-corrected chi connectivity index (χ0v) is 20.9. The number of nitrogens with one attached hydrogen (secondary N) is 1. The second-order valence-electron chi connectivity index (χ2n) is 8.41. The zero-order chi connectivity index (χ0) is 25.5. The fraction of sp³-hybridized carbons (Fsp3) is 0.417. The van der Waals surface area contributed by atoms with E-state index in [0.717, 1.165) is 17.9 Å². The van der Waals surface area contributed by atoms with Crippen LogP contribution in [0.4, 0.5) is 10.1 Å². The molecule has 0 aliphatic heterocycles. The van der Waals surface area contributed by atoms with E-state index in [0.29, 0.717) is 16.6 Å². The van der Waals surface area contributed by atoms with E-state index in [1.807, 2.05) is 13.8 Å². The van der Waals surface area contributed by atoms with Crippen LogP contribution < -0.4 is 14.4 Å². The predicted octanol–water partition coefficient (Wildman–Crippen LogP) is 2.79. The summed E-state index contributed by atoms with van der Waals surface area (Å²) < 4.78 is 45.2. The molecule has 0 fully saturated rings. The lowest BCUT2D eigenvalue weighted by molar-refractivity contribution is -0.139. The molecule has 1 N–H and O–H groups in total. The Labute approximate surface area is 200 Å². The summed E-state index contributed by atoms with van der Waals surface area (Å²) in [5, 5.41) is 2.80. The molecule has 0 saturated carbocycles. The Balaban J connectivity index is 2.37. The van der Waals surface area contributed by atoms with Gasteiger partial charge in [0, 0.05) is 13.1 Å². The molecule has 34 heavy (non-hydrogen) atoms. The number of para-hydroxylation sites is 1. The minimum absolute atomic E-state index is 0.0496. The third-order valence-electron chi connectivity index (χ3n) is 5.16. The number of sulfonamides is 1. The summed E-state index contributed by atoms with van der Waals surface area (Å²) >= 11 is 0. The van der Waals surface area contributed by atoms with Crippen LogP contribution in [0.5, 0.6) is 5.75 Å². The van der Waals surface area contributed by atoms with Gasteiger partial charge in [-0.1, -0.05) is 38.1 Å². The Kier molecular flexibility index (Phi) is 9.43. The summed E-state index contributed by atoms with van der Waals surface area (Å²) in [5.41, 5.74) is 0.481. The van der Waals surface area contributed by atoms with E-state index in [4.69, 9.17) is 4.74 Å². The molecule has 0 saturated heterocycles. The summed E-state index contributed by atoms with van der Waals surface area (Å²) in [7, 11) is -2.45. The largest absolute Gasteiger partial charge is 0.497 e. The Hall–Kier alpha value is -3.14. The normalized spacial score (nSPS) is 12.2. The monoisotopic (exact) mass is 493 g/mol. The first-order valence-corrected chi connectivity index (χ1v) is 12.7. The van der Waals surface area contributed by atoms with Gasteiger partial charge in [-0.25, -0.2) is 12.8 Å². The molecule has 1 unspecified atom stereocenters. The molecule has 8 nitrogen and oxygen atoms in total. The minimum Gasteiger partial charge on any atom is -0.497 e. The highest BCUT2D eigenvalue weighted by atomic mass is 32.2. The number of benzene rings is 2. The van der Waals surface area contributed by atoms with Crippen molar-refractivity contribution in [1.29, 1.82) is 0 Å². The third kappa shape index (κ3) is 7.44. The molecule has 0 aliphatic carbocycles. The number of ether oxygens (including phenoxy) is 1. The van der Waals surface area contributed by atoms with E-state index in [1.165, 1.54) is 30.2 Å². The van der Waals surface area contributed by atoms with E-state index < -0.39 is 34.3 Å². The number of nitrogens with zero attached hydrogens (tertiary/aromatic N) is 2. The summed E-state index contributed by atoms with van der Waals surface area (Å²) in [6, 6.07) is 11.4. The molecule has 0 aliphatic rings. The van der Waals surface area contributed by atoms with Crippen molar-refractivity contribution in [1.82, 2.24) is 10.2 Å². The van der Waals surface area contributed by atoms with E-state index in [-0.39, 0.29) is 24.1 Å². The maximum atomic E-state index is 14.4. The second-order valence-corrected chi connectivity index (χ2v) is 10.3. The maximum Gasteiger partial charge on any atom is 0.244 e. The molecule has 186 valence electrons. The molecule has 0 bridgehead atoms. The number of carbonyl (C=O) groups excluding carboxylic acids is 2. The Morgan fingerprint density at radius 3 is 2.21 bits per heavy atom. The molecule has 10 heteroatoms. The average Bonchev–Trinajstić information content (AvgIpc) is 2.79. The number of rotatable bonds is 11. The summed E-state index contributed by atoms with van der Waals surface area (Å²) in [5.74, 6) is -0.940. The van der Waals surface area contributed by atoms with Crippen molar-refractivity contribution in [2.75, 3.05) is 30.8 Å². The maximum absolute atomic E-state index is 14.4. The van der Waals surface area contributed by atoms with Gasteiger partial charge in [-0.3, -0.25) is 13.9 Å². The smallest absolute Gasteiger partial charge is 0.244 e. The van der Waals surface area contributed by atoms with Gasteiger partial charge in [0.1, 0.15) is 24.2 Å². The highest BCUT2D eigenvalue weighted by molar-refractivity contribution is 7.92. The summed E-state index contributed by atoms with van der Waals surface area (Å²) in [6.45, 7) is 5.29. The molecule has 0 spiro atoms. The lowest BCUT2D eigenvalue weighted by Gasteiger charge is -2.31. The molecule has 2 aromatic carbocycles. The number of carbonyl (C=O) groups is 2. The van der Waals surface area contributed by atoms with Gasteiger partial charge in [0.2, 0.25) is 21.8 Å². The number of halogens is 1. The van der Waals surface area contributed by atoms with E-state index in [1.54, 1.807) is 31.2 Å². The lowest BCUT2D eigenvalue weighted by atomic mass is 10.1. The molecule has 2 rings (SSSR count). The molecule has 2 amide bonds. The molecular weight excluding hydrogens is 461 g/mol. The van der Waals surface area contributed by atoms with Crippen molar-refractivity contribution in [3.05, 3.63) is 59.9 Å². The van der Waals surface area contributed by atoms with Crippen molar-refractivity contribution in [3.8, 4) is 5.75 Å². The Morgan fingerprint density at radius 2 is 1.68 bits per heavy atom. The first-order valence-electron chi connectivity index (χ1n) is 10.9. The van der Waals surface area contributed by atoms with Gasteiger partial charge in [0.05, 0.1) is 19.1 Å². The number of methoxy groups -OCH3 is 1. The molecular formula is C24H32FN3O5S. The Morgan fingerprint density at radius 1 is 1.06 bits per heavy atom. The van der Waals surface area contributed by atoms with Crippen LogP contribution in [0.15, 0.2) is 48.5 Å². The predicted molar refractivity (Wildman–Crippen MR) is 129 cm³/mol. The van der Waals surface area contributed by atoms with Crippen LogP contribution in [0.3, 0.4) is 0 Å². The van der Waals surface area contributed by atoms with Gasteiger partial charge in [-0.2, -0.15) is 0 Å². The van der Waals surface area contributed by atoms with Crippen molar-refractivity contribution >= 4 is 27.5 Å². The standard InChI is InChI=1S/C24H32FN3O5S/c1-17(2)14-26-24(30)18(3)27(15-19-10-12-20(33-4)13-11-19)23(29)16-28(34(5,31)32)22-9-7-6-8-21(22)25/h6-13,17-18H,14-16H2,1-5H3,(H,26,30). The van der Waals surface area contributed by atoms with Crippen molar-refractivity contribution in [2.24, 2.45) is 5.92 Å². The van der Waals surface area contributed by atoms with Crippen LogP contribution in [-0.2, 0) is 26.2 Å². The number of hydrogen-bond donors (Lipinski definition) is 1. The zero-order valence-electron chi connectivity index (χ0n) is 20.1. The van der Waals surface area contributed by atoms with Gasteiger partial charge < -0.3 is 15.0 Å². The van der Waals surface area contributed by atoms with Gasteiger partial charge in [-0.15, -0.1) is 0 Å². The van der Waals surface area contributed by atoms with Crippen molar-refractivity contribution in [3.63, 3.8) is 0 Å². The van der Waals surface area contributed by atoms with Gasteiger partial charge in [-0.05, 0) is 42.7 Å². The minimum atomic E-state index is -3.99. The highest BCUT2D eigenvalue weighted by Gasteiger charge is 2.31. The fourth-order valence-corrected chi connectivity index (χ4v) is 4.06. The molecule has 2 aromatic rings. The van der Waals surface area contributed by atoms with Crippen molar-refractivity contribution < 1.29 is 27.1 Å². The molecule has 0 aromatic heterocycles. The van der Waals surface area contributed by atoms with Crippen LogP contribution in [0.2, 0.25) is 0 Å². The number of hydrogen-bond acceptors (Lipinski definition) is 5. The van der Waals surface area contributed by atoms with Crippen LogP contribution in [0.1, 0.15) is 26.3 Å². The fourth-order valence-electron chi connectivity index (χ4n) is 3.21. The van der Waals surface area contributed by atoms with Crippen molar-refractivity contribution in [2.45, 2.75) is 33.4 Å². The van der Waals surface area contributed by atoms with Gasteiger partial charge in [0.15, 0.2) is 0 Å². The number of anilines is 1. The van der Waals surface area contributed by atoms with E-state index in [9.17, 15) is 22.4 Å². The van der Waals surface area contributed by atoms with E-state index in [2.05, 4.69) is 5.32 Å². The van der Waals surface area contributed by atoms with Gasteiger partial charge in [0.25, 0.3) is 0 Å². The topological polar surface area (TPSA) is 96.0 Å². The summed E-state index contributed by atoms with van der Waals surface area (Å²) in [4.78, 5) is 27.5. The molecule has 0 radical (unpaired) electrons. The first-order chi connectivity index (χ1) is 15.9. The Bertz CT molecular complexity index is 1090. The second kappa shape index (κ2) is 11.8. The lowest BCUT2D eigenvalue weighted by Crippen LogP contribution is -2.51. The average molecular weight is 494 g/mol. The quantitative estimate of drug-likeness (QED) is 0.519. The molecule has 0 heterocycles. The molecule has 1 atom stereocenters. The van der Waals surface area contributed by atoms with Crippen LogP contribution in [-0.4, -0.2) is 57.6 Å². The highest BCUT2D eigenvalue weighted by Crippen LogP contribution is 2.22. The summed E-state index contributed by atoms with van der Waals surface area (Å²) in [6.07, 6.45) is 0.902. The third-order valence-corrected chi connectivity index (χ3v) is 6.29. The van der Waals surface area contributed by atoms with Crippen LogP contribution in [0.25, 0.3) is 0 Å². The van der Waals surface area contributed by atoms with Gasteiger partial charge >= 0.3 is 0 Å². The number of amides is 2. The first kappa shape index (κ1) is 27.1.